The molecule has 1 atom stereocenters. The second kappa shape index (κ2) is 4.41. The summed E-state index contributed by atoms with van der Waals surface area (Å²) in [6.07, 6.45) is 0. The molecule has 1 aromatic carbocycles. The maximum atomic E-state index is 11.3. The zero-order valence-corrected chi connectivity index (χ0v) is 9.92. The molecule has 0 aliphatic heterocycles. The van der Waals surface area contributed by atoms with Crippen LogP contribution in [-0.4, -0.2) is 15.7 Å². The van der Waals surface area contributed by atoms with Crippen molar-refractivity contribution in [2.24, 2.45) is 5.73 Å². The first-order chi connectivity index (χ1) is 8.09. The van der Waals surface area contributed by atoms with Crippen LogP contribution < -0.4 is 5.73 Å². The number of nitrogens with zero attached hydrogens (tertiary/aromatic N) is 2. The fourth-order valence-electron chi connectivity index (χ4n) is 1.87. The summed E-state index contributed by atoms with van der Waals surface area (Å²) in [5.74, 6) is -0.451. The Kier molecular flexibility index (Phi) is 2.95. The van der Waals surface area contributed by atoms with E-state index in [4.69, 9.17) is 5.73 Å². The Morgan fingerprint density at radius 3 is 2.59 bits per heavy atom. The van der Waals surface area contributed by atoms with Crippen molar-refractivity contribution in [3.8, 4) is 0 Å². The number of aromatic nitrogens is 2. The summed E-state index contributed by atoms with van der Waals surface area (Å²) in [7, 11) is 0. The van der Waals surface area contributed by atoms with E-state index in [2.05, 4.69) is 5.10 Å². The summed E-state index contributed by atoms with van der Waals surface area (Å²) in [6, 6.07) is 11.6. The molecule has 17 heavy (non-hydrogen) atoms. The molecular formula is C13H15N3O. The summed E-state index contributed by atoms with van der Waals surface area (Å²) in [6.45, 7) is 3.84. The van der Waals surface area contributed by atoms with Gasteiger partial charge in [0.2, 0.25) is 0 Å². The van der Waals surface area contributed by atoms with Gasteiger partial charge in [-0.3, -0.25) is 9.48 Å². The van der Waals surface area contributed by atoms with Gasteiger partial charge in [0, 0.05) is 0 Å². The Morgan fingerprint density at radius 2 is 2.00 bits per heavy atom. The highest BCUT2D eigenvalue weighted by Gasteiger charge is 2.16. The molecule has 4 nitrogen and oxygen atoms in total. The fourth-order valence-corrected chi connectivity index (χ4v) is 1.87. The molecular weight excluding hydrogens is 214 g/mol. The van der Waals surface area contributed by atoms with Gasteiger partial charge < -0.3 is 5.73 Å². The van der Waals surface area contributed by atoms with E-state index in [1.54, 1.807) is 10.7 Å². The van der Waals surface area contributed by atoms with Crippen LogP contribution in [0.3, 0.4) is 0 Å². The third-order valence-corrected chi connectivity index (χ3v) is 2.76. The number of amides is 1. The first-order valence-electron chi connectivity index (χ1n) is 5.50. The number of aryl methyl sites for hydroxylation is 1. The molecule has 0 aliphatic rings. The SMILES string of the molecule is Cc1cc(C(N)=O)n(C(C)c2ccccc2)n1. The van der Waals surface area contributed by atoms with Gasteiger partial charge in [0.05, 0.1) is 11.7 Å². The van der Waals surface area contributed by atoms with Gasteiger partial charge in [0.25, 0.3) is 5.91 Å². The van der Waals surface area contributed by atoms with E-state index in [0.29, 0.717) is 5.69 Å². The van der Waals surface area contributed by atoms with Gasteiger partial charge in [0.1, 0.15) is 5.69 Å². The molecule has 88 valence electrons. The Bertz CT molecular complexity index is 531. The average Bonchev–Trinajstić information content (AvgIpc) is 2.72. The lowest BCUT2D eigenvalue weighted by Gasteiger charge is -2.14. The van der Waals surface area contributed by atoms with Gasteiger partial charge in [-0.1, -0.05) is 30.3 Å². The van der Waals surface area contributed by atoms with Gasteiger partial charge in [-0.15, -0.1) is 0 Å². The third kappa shape index (κ3) is 2.20. The number of hydrogen-bond acceptors (Lipinski definition) is 2. The van der Waals surface area contributed by atoms with Crippen LogP contribution >= 0.6 is 0 Å². The topological polar surface area (TPSA) is 60.9 Å². The molecule has 0 saturated heterocycles. The standard InChI is InChI=1S/C13H15N3O/c1-9-8-12(13(14)17)16(15-9)10(2)11-6-4-3-5-7-11/h3-8,10H,1-2H3,(H2,14,17). The van der Waals surface area contributed by atoms with E-state index in [0.717, 1.165) is 11.3 Å². The van der Waals surface area contributed by atoms with Crippen molar-refractivity contribution < 1.29 is 4.79 Å². The second-order valence-corrected chi connectivity index (χ2v) is 4.07. The van der Waals surface area contributed by atoms with Crippen molar-refractivity contribution in [3.63, 3.8) is 0 Å². The van der Waals surface area contributed by atoms with Crippen molar-refractivity contribution in [1.82, 2.24) is 9.78 Å². The van der Waals surface area contributed by atoms with Crippen LogP contribution in [0.2, 0.25) is 0 Å². The highest BCUT2D eigenvalue weighted by molar-refractivity contribution is 5.91. The predicted molar refractivity (Wildman–Crippen MR) is 65.7 cm³/mol. The van der Waals surface area contributed by atoms with E-state index >= 15 is 0 Å². The van der Waals surface area contributed by atoms with Crippen LogP contribution in [0.5, 0.6) is 0 Å². The number of primary amides is 1. The van der Waals surface area contributed by atoms with Crippen molar-refractivity contribution in [3.05, 3.63) is 53.3 Å². The third-order valence-electron chi connectivity index (χ3n) is 2.76. The number of benzene rings is 1. The van der Waals surface area contributed by atoms with E-state index in [1.165, 1.54) is 0 Å². The van der Waals surface area contributed by atoms with E-state index in [9.17, 15) is 4.79 Å². The van der Waals surface area contributed by atoms with E-state index in [-0.39, 0.29) is 6.04 Å². The monoisotopic (exact) mass is 229 g/mol. The molecule has 0 spiro atoms. The van der Waals surface area contributed by atoms with Crippen LogP contribution in [-0.2, 0) is 0 Å². The lowest BCUT2D eigenvalue weighted by Crippen LogP contribution is -2.20. The van der Waals surface area contributed by atoms with Crippen molar-refractivity contribution in [2.45, 2.75) is 19.9 Å². The summed E-state index contributed by atoms with van der Waals surface area (Å²) in [5.41, 5.74) is 7.68. The lowest BCUT2D eigenvalue weighted by molar-refractivity contribution is 0.0989. The molecule has 1 heterocycles. The first kappa shape index (κ1) is 11.4. The van der Waals surface area contributed by atoms with Gasteiger partial charge >= 0.3 is 0 Å². The quantitative estimate of drug-likeness (QED) is 0.873. The number of hydrogen-bond donors (Lipinski definition) is 1. The molecule has 2 N–H and O–H groups in total. The minimum Gasteiger partial charge on any atom is -0.364 e. The van der Waals surface area contributed by atoms with Crippen LogP contribution in [0, 0.1) is 6.92 Å². The van der Waals surface area contributed by atoms with E-state index in [1.807, 2.05) is 44.2 Å². The smallest absolute Gasteiger partial charge is 0.267 e. The molecule has 4 heteroatoms. The molecule has 1 amide bonds. The lowest BCUT2D eigenvalue weighted by atomic mass is 10.1. The first-order valence-corrected chi connectivity index (χ1v) is 5.50. The normalized spacial score (nSPS) is 12.4. The molecule has 0 fully saturated rings. The summed E-state index contributed by atoms with van der Waals surface area (Å²) >= 11 is 0. The number of rotatable bonds is 3. The minimum atomic E-state index is -0.451. The van der Waals surface area contributed by atoms with Crippen LogP contribution in [0.25, 0.3) is 0 Å². The Labute approximate surface area is 100 Å². The molecule has 1 aromatic heterocycles. The van der Waals surface area contributed by atoms with Crippen LogP contribution in [0.4, 0.5) is 0 Å². The Hall–Kier alpha value is -2.10. The van der Waals surface area contributed by atoms with Crippen LogP contribution in [0.15, 0.2) is 36.4 Å². The fraction of sp³-hybridized carbons (Fsp3) is 0.231. The Morgan fingerprint density at radius 1 is 1.35 bits per heavy atom. The zero-order chi connectivity index (χ0) is 12.4. The molecule has 0 saturated carbocycles. The minimum absolute atomic E-state index is 0.00704. The van der Waals surface area contributed by atoms with Crippen molar-refractivity contribution in [1.29, 1.82) is 0 Å². The number of nitrogens with two attached hydrogens (primary N) is 1. The van der Waals surface area contributed by atoms with E-state index < -0.39 is 5.91 Å². The average molecular weight is 229 g/mol. The summed E-state index contributed by atoms with van der Waals surface area (Å²) in [4.78, 5) is 11.3. The molecule has 0 radical (unpaired) electrons. The van der Waals surface area contributed by atoms with Gasteiger partial charge in [-0.2, -0.15) is 5.10 Å². The Balaban J connectivity index is 2.44. The highest BCUT2D eigenvalue weighted by atomic mass is 16.1. The number of carbonyl (C=O) groups is 1. The molecule has 2 rings (SSSR count). The molecule has 1 unspecified atom stereocenters. The second-order valence-electron chi connectivity index (χ2n) is 4.07. The zero-order valence-electron chi connectivity index (χ0n) is 9.92. The summed E-state index contributed by atoms with van der Waals surface area (Å²) < 4.78 is 1.67. The molecule has 0 bridgehead atoms. The maximum absolute atomic E-state index is 11.3. The van der Waals surface area contributed by atoms with Crippen LogP contribution in [0.1, 0.15) is 34.7 Å². The molecule has 2 aromatic rings. The predicted octanol–water partition coefficient (Wildman–Crippen LogP) is 1.90. The molecule has 0 aliphatic carbocycles. The largest absolute Gasteiger partial charge is 0.364 e. The highest BCUT2D eigenvalue weighted by Crippen LogP contribution is 2.19. The van der Waals surface area contributed by atoms with Gasteiger partial charge in [-0.25, -0.2) is 0 Å². The van der Waals surface area contributed by atoms with Crippen molar-refractivity contribution >= 4 is 5.91 Å². The summed E-state index contributed by atoms with van der Waals surface area (Å²) in [5, 5.41) is 4.32. The van der Waals surface area contributed by atoms with Gasteiger partial charge in [0.15, 0.2) is 0 Å². The number of carbonyl (C=O) groups excluding carboxylic acids is 1. The maximum Gasteiger partial charge on any atom is 0.267 e. The van der Waals surface area contributed by atoms with Crippen molar-refractivity contribution in [2.75, 3.05) is 0 Å². The van der Waals surface area contributed by atoms with Gasteiger partial charge in [-0.05, 0) is 25.5 Å².